The van der Waals surface area contributed by atoms with Crippen molar-refractivity contribution >= 4 is 5.69 Å². The van der Waals surface area contributed by atoms with Gasteiger partial charge in [-0.1, -0.05) is 66.7 Å². The maximum absolute atomic E-state index is 5.64. The molecule has 0 aliphatic heterocycles. The van der Waals surface area contributed by atoms with Gasteiger partial charge in [-0.15, -0.1) is 0 Å². The average Bonchev–Trinajstić information content (AvgIpc) is 2.56. The summed E-state index contributed by atoms with van der Waals surface area (Å²) in [5.41, 5.74) is 9.75. The largest absolute Gasteiger partial charge is 0.324 e. The molecule has 0 fully saturated rings. The lowest BCUT2D eigenvalue weighted by molar-refractivity contribution is 1.31. The zero-order chi connectivity index (χ0) is 14.7. The predicted octanol–water partition coefficient (Wildman–Crippen LogP) is 4.61. The number of anilines is 1. The average molecular weight is 274 g/mol. The Morgan fingerprint density at radius 1 is 0.714 bits per heavy atom. The molecule has 0 heterocycles. The van der Waals surface area contributed by atoms with Crippen LogP contribution >= 0.6 is 0 Å². The lowest BCUT2D eigenvalue weighted by atomic mass is 9.90. The second-order valence-corrected chi connectivity index (χ2v) is 5.04. The molecule has 0 atom stereocenters. The summed E-state index contributed by atoms with van der Waals surface area (Å²) in [5.74, 6) is 5.64. The third kappa shape index (κ3) is 2.54. The van der Waals surface area contributed by atoms with Crippen molar-refractivity contribution in [2.75, 3.05) is 5.43 Å². The van der Waals surface area contributed by atoms with Crippen LogP contribution in [0, 0.1) is 6.92 Å². The van der Waals surface area contributed by atoms with Crippen molar-refractivity contribution in [2.24, 2.45) is 5.84 Å². The number of nitrogens with two attached hydrogens (primary N) is 1. The third-order valence-corrected chi connectivity index (χ3v) is 3.77. The number of rotatable bonds is 3. The molecule has 3 aromatic carbocycles. The van der Waals surface area contributed by atoms with E-state index in [1.54, 1.807) is 0 Å². The van der Waals surface area contributed by atoms with Gasteiger partial charge in [0.15, 0.2) is 0 Å². The smallest absolute Gasteiger partial charge is 0.0520 e. The normalized spacial score (nSPS) is 10.4. The molecule has 3 aromatic rings. The van der Waals surface area contributed by atoms with Crippen LogP contribution < -0.4 is 11.3 Å². The number of benzene rings is 3. The second-order valence-electron chi connectivity index (χ2n) is 5.04. The Kier molecular flexibility index (Phi) is 3.71. The maximum Gasteiger partial charge on any atom is 0.0520 e. The van der Waals surface area contributed by atoms with E-state index in [4.69, 9.17) is 5.84 Å². The Morgan fingerprint density at radius 2 is 1.29 bits per heavy atom. The van der Waals surface area contributed by atoms with Gasteiger partial charge in [-0.2, -0.15) is 0 Å². The molecule has 0 radical (unpaired) electrons. The van der Waals surface area contributed by atoms with Gasteiger partial charge < -0.3 is 5.43 Å². The molecule has 0 unspecified atom stereocenters. The standard InChI is InChI=1S/C19H18N2/c1-14-18(21-20)13-12-17(15-8-4-2-5-9-15)19(14)16-10-6-3-7-11-16/h2-13,21H,20H2,1H3. The monoisotopic (exact) mass is 274 g/mol. The number of hydrogen-bond acceptors (Lipinski definition) is 2. The molecular weight excluding hydrogens is 256 g/mol. The molecule has 3 N–H and O–H groups in total. The first kappa shape index (κ1) is 13.4. The molecular formula is C19H18N2. The highest BCUT2D eigenvalue weighted by Gasteiger charge is 2.12. The molecule has 0 saturated carbocycles. The Balaban J connectivity index is 2.28. The van der Waals surface area contributed by atoms with Crippen LogP contribution in [0.1, 0.15) is 5.56 Å². The minimum Gasteiger partial charge on any atom is -0.324 e. The lowest BCUT2D eigenvalue weighted by Crippen LogP contribution is -2.09. The van der Waals surface area contributed by atoms with Crippen molar-refractivity contribution in [3.63, 3.8) is 0 Å². The van der Waals surface area contributed by atoms with Crippen molar-refractivity contribution in [3.05, 3.63) is 78.4 Å². The van der Waals surface area contributed by atoms with Crippen LogP contribution in [0.15, 0.2) is 72.8 Å². The molecule has 0 saturated heterocycles. The van der Waals surface area contributed by atoms with Crippen LogP contribution in [-0.4, -0.2) is 0 Å². The van der Waals surface area contributed by atoms with Crippen LogP contribution in [0.25, 0.3) is 22.3 Å². The van der Waals surface area contributed by atoms with Crippen molar-refractivity contribution in [1.29, 1.82) is 0 Å². The highest BCUT2D eigenvalue weighted by atomic mass is 15.2. The predicted molar refractivity (Wildman–Crippen MR) is 89.9 cm³/mol. The van der Waals surface area contributed by atoms with Gasteiger partial charge in [0.05, 0.1) is 5.69 Å². The molecule has 0 aliphatic carbocycles. The molecule has 0 aliphatic rings. The van der Waals surface area contributed by atoms with E-state index in [9.17, 15) is 0 Å². The number of nitrogen functional groups attached to an aromatic ring is 1. The Bertz CT molecular complexity index is 734. The summed E-state index contributed by atoms with van der Waals surface area (Å²) in [6.07, 6.45) is 0. The van der Waals surface area contributed by atoms with Gasteiger partial charge in [0.25, 0.3) is 0 Å². The first-order valence-corrected chi connectivity index (χ1v) is 7.02. The first-order chi connectivity index (χ1) is 10.3. The molecule has 0 spiro atoms. The van der Waals surface area contributed by atoms with Crippen molar-refractivity contribution in [3.8, 4) is 22.3 Å². The van der Waals surface area contributed by atoms with E-state index in [1.165, 1.54) is 22.3 Å². The van der Waals surface area contributed by atoms with Crippen LogP contribution in [0.5, 0.6) is 0 Å². The van der Waals surface area contributed by atoms with E-state index in [0.29, 0.717) is 0 Å². The Morgan fingerprint density at radius 3 is 1.86 bits per heavy atom. The number of nitrogens with one attached hydrogen (secondary N) is 1. The highest BCUT2D eigenvalue weighted by molar-refractivity contribution is 5.88. The minimum absolute atomic E-state index is 0.952. The number of hydrogen-bond donors (Lipinski definition) is 2. The molecule has 2 nitrogen and oxygen atoms in total. The van der Waals surface area contributed by atoms with Crippen LogP contribution in [0.2, 0.25) is 0 Å². The minimum atomic E-state index is 0.952. The van der Waals surface area contributed by atoms with Gasteiger partial charge in [-0.3, -0.25) is 5.84 Å². The number of hydrazine groups is 1. The van der Waals surface area contributed by atoms with E-state index in [1.807, 2.05) is 18.2 Å². The van der Waals surface area contributed by atoms with E-state index < -0.39 is 0 Å². The molecule has 3 rings (SSSR count). The summed E-state index contributed by atoms with van der Waals surface area (Å²) in [6, 6.07) is 25.0. The van der Waals surface area contributed by atoms with Crippen molar-refractivity contribution < 1.29 is 0 Å². The van der Waals surface area contributed by atoms with Crippen LogP contribution in [-0.2, 0) is 0 Å². The summed E-state index contributed by atoms with van der Waals surface area (Å²) in [7, 11) is 0. The summed E-state index contributed by atoms with van der Waals surface area (Å²) < 4.78 is 0. The SMILES string of the molecule is Cc1c(NN)ccc(-c2ccccc2)c1-c1ccccc1. The summed E-state index contributed by atoms with van der Waals surface area (Å²) in [6.45, 7) is 2.10. The van der Waals surface area contributed by atoms with Crippen LogP contribution in [0.4, 0.5) is 5.69 Å². The lowest BCUT2D eigenvalue weighted by Gasteiger charge is -2.17. The maximum atomic E-state index is 5.64. The first-order valence-electron chi connectivity index (χ1n) is 7.02. The van der Waals surface area contributed by atoms with E-state index >= 15 is 0 Å². The fraction of sp³-hybridized carbons (Fsp3) is 0.0526. The summed E-state index contributed by atoms with van der Waals surface area (Å²) in [5, 5.41) is 0. The molecule has 0 aromatic heterocycles. The van der Waals surface area contributed by atoms with E-state index in [2.05, 4.69) is 66.9 Å². The fourth-order valence-corrected chi connectivity index (χ4v) is 2.70. The summed E-state index contributed by atoms with van der Waals surface area (Å²) in [4.78, 5) is 0. The van der Waals surface area contributed by atoms with Gasteiger partial charge in [0.2, 0.25) is 0 Å². The van der Waals surface area contributed by atoms with Crippen LogP contribution in [0.3, 0.4) is 0 Å². The van der Waals surface area contributed by atoms with E-state index in [-0.39, 0.29) is 0 Å². The van der Waals surface area contributed by atoms with Crippen molar-refractivity contribution in [2.45, 2.75) is 6.92 Å². The highest BCUT2D eigenvalue weighted by Crippen LogP contribution is 2.37. The Labute approximate surface area is 125 Å². The zero-order valence-corrected chi connectivity index (χ0v) is 12.0. The van der Waals surface area contributed by atoms with E-state index in [0.717, 1.165) is 11.3 Å². The zero-order valence-electron chi connectivity index (χ0n) is 12.0. The van der Waals surface area contributed by atoms with Gasteiger partial charge in [0, 0.05) is 0 Å². The van der Waals surface area contributed by atoms with Crippen molar-refractivity contribution in [1.82, 2.24) is 0 Å². The van der Waals surface area contributed by atoms with Gasteiger partial charge in [-0.25, -0.2) is 0 Å². The third-order valence-electron chi connectivity index (χ3n) is 3.77. The van der Waals surface area contributed by atoms with Gasteiger partial charge >= 0.3 is 0 Å². The molecule has 21 heavy (non-hydrogen) atoms. The Hall–Kier alpha value is -2.58. The molecule has 2 heteroatoms. The van der Waals surface area contributed by atoms with Gasteiger partial charge in [-0.05, 0) is 40.8 Å². The summed E-state index contributed by atoms with van der Waals surface area (Å²) >= 11 is 0. The topological polar surface area (TPSA) is 38.0 Å². The fourth-order valence-electron chi connectivity index (χ4n) is 2.70. The van der Waals surface area contributed by atoms with Gasteiger partial charge in [0.1, 0.15) is 0 Å². The molecule has 0 amide bonds. The molecule has 0 bridgehead atoms. The quantitative estimate of drug-likeness (QED) is 0.540. The molecule has 104 valence electrons. The second kappa shape index (κ2) is 5.81.